The first-order chi connectivity index (χ1) is 19.9. The van der Waals surface area contributed by atoms with Crippen LogP contribution in [0.15, 0.2) is 39.2 Å². The van der Waals surface area contributed by atoms with Gasteiger partial charge in [0.05, 0.1) is 24.3 Å². The van der Waals surface area contributed by atoms with Gasteiger partial charge in [-0.25, -0.2) is 9.97 Å². The molecule has 2 aromatic heterocycles. The maximum atomic E-state index is 12.9. The predicted octanol–water partition coefficient (Wildman–Crippen LogP) is 6.78. The van der Waals surface area contributed by atoms with Crippen molar-refractivity contribution in [2.45, 2.75) is 73.6 Å². The van der Waals surface area contributed by atoms with E-state index in [9.17, 15) is 14.7 Å². The molecule has 1 aliphatic heterocycles. The molecule has 3 aromatic rings. The van der Waals surface area contributed by atoms with E-state index < -0.39 is 0 Å². The Morgan fingerprint density at radius 3 is 2.44 bits per heavy atom. The minimum atomic E-state index is -0.252. The van der Waals surface area contributed by atoms with Crippen molar-refractivity contribution in [3.63, 3.8) is 0 Å². The number of benzene rings is 1. The van der Waals surface area contributed by atoms with Crippen molar-refractivity contribution in [1.29, 1.82) is 0 Å². The molecule has 9 nitrogen and oxygen atoms in total. The second-order valence-corrected chi connectivity index (χ2v) is 9.86. The molecule has 0 radical (unpaired) electrons. The maximum Gasteiger partial charge on any atom is 0.227 e. The highest BCUT2D eigenvalue weighted by Gasteiger charge is 2.20. The number of morpholine rings is 1. The number of nitrogens with one attached hydrogen (secondary N) is 1. The summed E-state index contributed by atoms with van der Waals surface area (Å²) in [6.07, 6.45) is 9.20. The number of nitrogens with zero attached hydrogens (tertiary/aromatic N) is 3. The number of aryl methyl sites for hydroxylation is 1. The van der Waals surface area contributed by atoms with Crippen molar-refractivity contribution in [1.82, 2.24) is 9.97 Å². The van der Waals surface area contributed by atoms with E-state index >= 15 is 0 Å². The summed E-state index contributed by atoms with van der Waals surface area (Å²) in [6.45, 7) is 13.8. The van der Waals surface area contributed by atoms with Gasteiger partial charge in [0, 0.05) is 42.7 Å². The van der Waals surface area contributed by atoms with Gasteiger partial charge in [0.2, 0.25) is 5.95 Å². The summed E-state index contributed by atoms with van der Waals surface area (Å²) in [5.41, 5.74) is 2.68. The molecule has 41 heavy (non-hydrogen) atoms. The van der Waals surface area contributed by atoms with Gasteiger partial charge in [-0.1, -0.05) is 53.4 Å². The lowest BCUT2D eigenvalue weighted by molar-refractivity contribution is -0.113. The van der Waals surface area contributed by atoms with E-state index in [0.717, 1.165) is 23.3 Å². The van der Waals surface area contributed by atoms with Crippen LogP contribution in [0.2, 0.25) is 0 Å². The molecule has 0 amide bonds. The molecule has 1 aromatic carbocycles. The van der Waals surface area contributed by atoms with Gasteiger partial charge in [-0.2, -0.15) is 0 Å². The quantitative estimate of drug-likeness (QED) is 0.299. The molecule has 2 fully saturated rings. The van der Waals surface area contributed by atoms with E-state index in [2.05, 4.69) is 15.3 Å². The van der Waals surface area contributed by atoms with Crippen LogP contribution in [0.3, 0.4) is 0 Å². The van der Waals surface area contributed by atoms with Gasteiger partial charge in [0.25, 0.3) is 0 Å². The van der Waals surface area contributed by atoms with Crippen molar-refractivity contribution < 1.29 is 19.1 Å². The average molecular weight is 565 g/mol. The van der Waals surface area contributed by atoms with Crippen molar-refractivity contribution in [3.8, 4) is 5.75 Å². The normalized spacial score (nSPS) is 15.6. The Kier molecular flexibility index (Phi) is 11.9. The lowest BCUT2D eigenvalue weighted by atomic mass is 9.94. The van der Waals surface area contributed by atoms with Crippen molar-refractivity contribution in [2.24, 2.45) is 5.92 Å². The second-order valence-electron chi connectivity index (χ2n) is 9.86. The molecular weight excluding hydrogens is 520 g/mol. The molecule has 5 rings (SSSR count). The summed E-state index contributed by atoms with van der Waals surface area (Å²) >= 11 is 0. The Morgan fingerprint density at radius 2 is 1.80 bits per heavy atom. The Balaban J connectivity index is 0.00000111. The van der Waals surface area contributed by atoms with Crippen LogP contribution in [-0.2, 0) is 9.53 Å². The van der Waals surface area contributed by atoms with E-state index in [1.165, 1.54) is 37.8 Å². The van der Waals surface area contributed by atoms with Crippen molar-refractivity contribution >= 4 is 40.3 Å². The zero-order valence-corrected chi connectivity index (χ0v) is 25.2. The van der Waals surface area contributed by atoms with Crippen LogP contribution in [-0.4, -0.2) is 47.2 Å². The zero-order chi connectivity index (χ0) is 29.9. The van der Waals surface area contributed by atoms with Crippen molar-refractivity contribution in [2.75, 3.05) is 36.5 Å². The summed E-state index contributed by atoms with van der Waals surface area (Å²) in [5.74, 6) is 1.23. The molecular formula is C32H44N4O5. The lowest BCUT2D eigenvalue weighted by Crippen LogP contribution is -2.36. The van der Waals surface area contributed by atoms with Gasteiger partial charge >= 0.3 is 0 Å². The second kappa shape index (κ2) is 15.3. The number of Topliss-reactive ketones (excluding diaryl/α,β-unsaturated/α-hetero) is 1. The third kappa shape index (κ3) is 8.16. The number of hydrogen-bond donors (Lipinski definition) is 2. The van der Waals surface area contributed by atoms with Gasteiger partial charge in [0.15, 0.2) is 28.4 Å². The Bertz CT molecular complexity index is 1400. The maximum absolute atomic E-state index is 12.9. The van der Waals surface area contributed by atoms with Crippen LogP contribution in [0.25, 0.3) is 17.0 Å². The lowest BCUT2D eigenvalue weighted by Gasteiger charge is -2.27. The number of rotatable bonds is 7. The summed E-state index contributed by atoms with van der Waals surface area (Å²) in [5, 5.41) is 14.0. The Hall–Kier alpha value is -3.72. The van der Waals surface area contributed by atoms with E-state index in [-0.39, 0.29) is 27.9 Å². The van der Waals surface area contributed by atoms with Crippen LogP contribution >= 0.6 is 0 Å². The number of aromatic hydroxyl groups is 1. The van der Waals surface area contributed by atoms with Crippen LogP contribution in [0.4, 0.5) is 17.5 Å². The highest BCUT2D eigenvalue weighted by molar-refractivity contribution is 5.97. The zero-order valence-electron chi connectivity index (χ0n) is 25.2. The van der Waals surface area contributed by atoms with Gasteiger partial charge in [0.1, 0.15) is 0 Å². The Labute approximate surface area is 242 Å². The number of carbonyl (C=O) groups is 1. The molecule has 1 saturated heterocycles. The fraction of sp³-hybridized carbons (Fsp3) is 0.500. The van der Waals surface area contributed by atoms with Gasteiger partial charge in [-0.05, 0) is 43.9 Å². The van der Waals surface area contributed by atoms with Gasteiger partial charge < -0.3 is 24.5 Å². The molecule has 1 saturated carbocycles. The first-order valence-electron chi connectivity index (χ1n) is 14.8. The monoisotopic (exact) mass is 564 g/mol. The number of hydrogen-bond acceptors (Lipinski definition) is 9. The molecule has 9 heteroatoms. The fourth-order valence-electron chi connectivity index (χ4n) is 5.06. The number of carbonyl (C=O) groups excluding carboxylic acids is 1. The molecule has 222 valence electrons. The molecule has 2 aliphatic rings. The number of fused-ring (bicyclic) bond motifs is 1. The van der Waals surface area contributed by atoms with E-state index in [1.54, 1.807) is 19.2 Å². The Morgan fingerprint density at radius 1 is 1.12 bits per heavy atom. The third-order valence-electron chi connectivity index (χ3n) is 7.16. The smallest absolute Gasteiger partial charge is 0.227 e. The first-order valence-corrected chi connectivity index (χ1v) is 14.8. The van der Waals surface area contributed by atoms with Crippen LogP contribution in [0.1, 0.15) is 78.0 Å². The van der Waals surface area contributed by atoms with E-state index in [0.29, 0.717) is 49.7 Å². The highest BCUT2D eigenvalue weighted by atomic mass is 16.5. The first kappa shape index (κ1) is 31.8. The highest BCUT2D eigenvalue weighted by Crippen LogP contribution is 2.33. The summed E-state index contributed by atoms with van der Waals surface area (Å²) < 4.78 is 11.2. The number of ether oxygens (including phenoxy) is 1. The van der Waals surface area contributed by atoms with E-state index in [1.807, 2.05) is 45.6 Å². The predicted molar refractivity (Wildman–Crippen MR) is 165 cm³/mol. The largest absolute Gasteiger partial charge is 0.504 e. The fourth-order valence-corrected chi connectivity index (χ4v) is 5.06. The SMILES string of the molecule is CC.CC.CC(=O)/C(=C/c1cnc(Nc2cc(O)c3oc(N4CCOCC4)cc(=O)c3c2)nc1C)CC1CCCC1. The number of phenolic OH excluding ortho intramolecular Hbond substituents is 1. The number of aromatic nitrogens is 2. The summed E-state index contributed by atoms with van der Waals surface area (Å²) in [7, 11) is 0. The van der Waals surface area contributed by atoms with Crippen LogP contribution in [0.5, 0.6) is 5.75 Å². The molecule has 3 heterocycles. The number of ketones is 1. The number of phenols is 1. The number of allylic oxidation sites excluding steroid dienone is 1. The topological polar surface area (TPSA) is 118 Å². The van der Waals surface area contributed by atoms with Crippen molar-refractivity contribution in [3.05, 3.63) is 51.4 Å². The summed E-state index contributed by atoms with van der Waals surface area (Å²) in [6, 6.07) is 4.54. The van der Waals surface area contributed by atoms with Gasteiger partial charge in [-0.15, -0.1) is 0 Å². The average Bonchev–Trinajstić information content (AvgIpc) is 3.50. The van der Waals surface area contributed by atoms with Crippen LogP contribution < -0.4 is 15.6 Å². The van der Waals surface area contributed by atoms with Gasteiger partial charge in [-0.3, -0.25) is 9.59 Å². The molecule has 0 spiro atoms. The van der Waals surface area contributed by atoms with Crippen LogP contribution in [0, 0.1) is 12.8 Å². The van der Waals surface area contributed by atoms with E-state index in [4.69, 9.17) is 9.15 Å². The minimum Gasteiger partial charge on any atom is -0.504 e. The molecule has 1 aliphatic carbocycles. The molecule has 0 bridgehead atoms. The minimum absolute atomic E-state index is 0.0794. The third-order valence-corrected chi connectivity index (χ3v) is 7.16. The standard InChI is InChI=1S/C28H32N4O5.2C2H6/c1-17-21(12-20(18(2)33)11-19-5-3-4-6-19)16-29-28(30-17)31-22-13-23-24(34)15-26(32-7-9-36-10-8-32)37-27(23)25(35)14-22;2*1-2/h12-16,19,35H,3-11H2,1-2H3,(H,29,30,31);2*1-2H3/b20-12+;;. The molecule has 0 unspecified atom stereocenters. The molecule has 2 N–H and O–H groups in total. The number of anilines is 3. The summed E-state index contributed by atoms with van der Waals surface area (Å²) in [4.78, 5) is 36.0. The molecule has 0 atom stereocenters.